The minimum Gasteiger partial charge on any atom is -0.508 e. The molecule has 9 heteroatoms. The van der Waals surface area contributed by atoms with Gasteiger partial charge in [-0.1, -0.05) is 30.3 Å². The molecular weight excluding hydrogens is 402 g/mol. The summed E-state index contributed by atoms with van der Waals surface area (Å²) >= 11 is 0. The van der Waals surface area contributed by atoms with E-state index in [1.54, 1.807) is 24.3 Å². The molecule has 0 fully saturated rings. The zero-order valence-electron chi connectivity index (χ0n) is 16.2. The smallest absolute Gasteiger partial charge is 0.294 e. The van der Waals surface area contributed by atoms with Gasteiger partial charge in [0.1, 0.15) is 30.4 Å². The van der Waals surface area contributed by atoms with Crippen LogP contribution in [0.2, 0.25) is 0 Å². The Hall–Kier alpha value is -4.40. The summed E-state index contributed by atoms with van der Waals surface area (Å²) in [5.41, 5.74) is 2.34. The average molecular weight is 419 g/mol. The standard InChI is InChI=1S/C22H17N3O6/c26-17-10-11-24-19(14-17)23-21(20(22(24)27)15-4-2-1-3-5-15)16-6-8-18(9-7-16)30-12-13-31-25(28)29/h1-11,14,26H,12-13H2. The Labute approximate surface area is 175 Å². The summed E-state index contributed by atoms with van der Waals surface area (Å²) in [6.45, 7) is -0.163. The van der Waals surface area contributed by atoms with E-state index in [2.05, 4.69) is 9.82 Å². The van der Waals surface area contributed by atoms with Crippen molar-refractivity contribution in [3.63, 3.8) is 0 Å². The summed E-state index contributed by atoms with van der Waals surface area (Å²) in [6, 6.07) is 18.9. The fourth-order valence-electron chi connectivity index (χ4n) is 3.18. The Kier molecular flexibility index (Phi) is 5.48. The molecule has 0 spiro atoms. The van der Waals surface area contributed by atoms with Gasteiger partial charge in [-0.15, -0.1) is 10.1 Å². The normalized spacial score (nSPS) is 10.7. The Morgan fingerprint density at radius 1 is 1.00 bits per heavy atom. The Morgan fingerprint density at radius 2 is 1.74 bits per heavy atom. The van der Waals surface area contributed by atoms with E-state index in [9.17, 15) is 20.0 Å². The molecule has 0 aliphatic carbocycles. The van der Waals surface area contributed by atoms with Crippen LogP contribution in [0.25, 0.3) is 28.0 Å². The molecule has 2 aromatic heterocycles. The molecule has 0 atom stereocenters. The molecule has 31 heavy (non-hydrogen) atoms. The summed E-state index contributed by atoms with van der Waals surface area (Å²) in [5, 5.41) is 19.1. The Morgan fingerprint density at radius 3 is 2.45 bits per heavy atom. The number of ether oxygens (including phenoxy) is 1. The van der Waals surface area contributed by atoms with Crippen molar-refractivity contribution in [2.75, 3.05) is 13.2 Å². The van der Waals surface area contributed by atoms with Crippen molar-refractivity contribution in [1.29, 1.82) is 0 Å². The number of pyridine rings is 1. The molecule has 9 nitrogen and oxygen atoms in total. The number of rotatable bonds is 7. The highest BCUT2D eigenvalue weighted by Gasteiger charge is 2.16. The predicted octanol–water partition coefficient (Wildman–Crippen LogP) is 3.32. The fourth-order valence-corrected chi connectivity index (χ4v) is 3.18. The van der Waals surface area contributed by atoms with Crippen LogP contribution in [0.4, 0.5) is 0 Å². The minimum absolute atomic E-state index is 0.00556. The van der Waals surface area contributed by atoms with Crippen LogP contribution in [0.5, 0.6) is 11.5 Å². The monoisotopic (exact) mass is 419 g/mol. The van der Waals surface area contributed by atoms with Crippen LogP contribution >= 0.6 is 0 Å². The summed E-state index contributed by atoms with van der Waals surface area (Å²) in [6.07, 6.45) is 1.49. The molecule has 156 valence electrons. The van der Waals surface area contributed by atoms with Gasteiger partial charge < -0.3 is 14.7 Å². The van der Waals surface area contributed by atoms with Gasteiger partial charge in [0.25, 0.3) is 10.6 Å². The first kappa shape index (κ1) is 19.9. The van der Waals surface area contributed by atoms with Gasteiger partial charge in [-0.05, 0) is 35.9 Å². The van der Waals surface area contributed by atoms with E-state index in [1.165, 1.54) is 22.7 Å². The summed E-state index contributed by atoms with van der Waals surface area (Å²) in [5.74, 6) is 0.498. The first-order valence-electron chi connectivity index (χ1n) is 9.34. The maximum absolute atomic E-state index is 13.3. The highest BCUT2D eigenvalue weighted by atomic mass is 17.0. The van der Waals surface area contributed by atoms with Crippen molar-refractivity contribution in [1.82, 2.24) is 9.38 Å². The van der Waals surface area contributed by atoms with Gasteiger partial charge in [0.15, 0.2) is 0 Å². The van der Waals surface area contributed by atoms with Gasteiger partial charge >= 0.3 is 0 Å². The van der Waals surface area contributed by atoms with E-state index in [4.69, 9.17) is 4.74 Å². The van der Waals surface area contributed by atoms with E-state index in [0.717, 1.165) is 5.56 Å². The Bertz CT molecular complexity index is 1290. The lowest BCUT2D eigenvalue weighted by molar-refractivity contribution is -0.757. The fraction of sp³-hybridized carbons (Fsp3) is 0.0909. The largest absolute Gasteiger partial charge is 0.508 e. The molecule has 0 amide bonds. The molecule has 4 aromatic rings. The molecule has 0 aliphatic rings. The number of nitrogens with zero attached hydrogens (tertiary/aromatic N) is 3. The van der Waals surface area contributed by atoms with E-state index < -0.39 is 5.09 Å². The first-order valence-corrected chi connectivity index (χ1v) is 9.34. The number of hydrogen-bond acceptors (Lipinski definition) is 7. The number of benzene rings is 2. The van der Waals surface area contributed by atoms with Gasteiger partial charge in [-0.25, -0.2) is 4.98 Å². The first-order chi connectivity index (χ1) is 15.0. The Balaban J connectivity index is 1.75. The molecule has 2 aromatic carbocycles. The molecule has 0 saturated heterocycles. The summed E-state index contributed by atoms with van der Waals surface area (Å²) in [4.78, 5) is 32.3. The molecular formula is C22H17N3O6. The maximum Gasteiger partial charge on any atom is 0.294 e. The van der Waals surface area contributed by atoms with Gasteiger partial charge in [0.2, 0.25) is 0 Å². The van der Waals surface area contributed by atoms with Gasteiger partial charge in [-0.2, -0.15) is 0 Å². The number of hydrogen-bond donors (Lipinski definition) is 1. The predicted molar refractivity (Wildman–Crippen MR) is 112 cm³/mol. The van der Waals surface area contributed by atoms with Crippen molar-refractivity contribution in [3.8, 4) is 33.9 Å². The van der Waals surface area contributed by atoms with Crippen molar-refractivity contribution in [3.05, 3.63) is 93.4 Å². The van der Waals surface area contributed by atoms with Crippen LogP contribution in [0.15, 0.2) is 77.7 Å². The molecule has 0 radical (unpaired) electrons. The summed E-state index contributed by atoms with van der Waals surface area (Å²) in [7, 11) is 0. The third-order valence-electron chi connectivity index (χ3n) is 4.55. The van der Waals surface area contributed by atoms with Crippen molar-refractivity contribution in [2.24, 2.45) is 0 Å². The van der Waals surface area contributed by atoms with E-state index in [1.807, 2.05) is 30.3 Å². The lowest BCUT2D eigenvalue weighted by Gasteiger charge is -2.12. The molecule has 4 rings (SSSR count). The lowest BCUT2D eigenvalue weighted by atomic mass is 10.0. The highest BCUT2D eigenvalue weighted by Crippen LogP contribution is 2.30. The maximum atomic E-state index is 13.3. The third kappa shape index (κ3) is 4.30. The SMILES string of the molecule is O=c1c(-c2ccccc2)c(-c2ccc(OCCO[N+](=O)[O-])cc2)nc2cc(O)ccn12. The second kappa shape index (κ2) is 8.54. The molecule has 0 unspecified atom stereocenters. The molecule has 0 saturated carbocycles. The van der Waals surface area contributed by atoms with Crippen molar-refractivity contribution >= 4 is 5.65 Å². The van der Waals surface area contributed by atoms with E-state index >= 15 is 0 Å². The summed E-state index contributed by atoms with van der Waals surface area (Å²) < 4.78 is 6.81. The lowest BCUT2D eigenvalue weighted by Crippen LogP contribution is -2.18. The van der Waals surface area contributed by atoms with Crippen LogP contribution in [0, 0.1) is 10.1 Å². The molecule has 1 N–H and O–H groups in total. The molecule has 2 heterocycles. The van der Waals surface area contributed by atoms with Crippen LogP contribution < -0.4 is 10.3 Å². The van der Waals surface area contributed by atoms with Gasteiger partial charge in [-0.3, -0.25) is 9.20 Å². The van der Waals surface area contributed by atoms with E-state index in [0.29, 0.717) is 28.2 Å². The molecule has 0 aliphatic heterocycles. The highest BCUT2D eigenvalue weighted by molar-refractivity contribution is 5.81. The quantitative estimate of drug-likeness (QED) is 0.277. The number of fused-ring (bicyclic) bond motifs is 1. The van der Waals surface area contributed by atoms with E-state index in [-0.39, 0.29) is 24.5 Å². The van der Waals surface area contributed by atoms with Gasteiger partial charge in [0.05, 0.1) is 11.3 Å². The van der Waals surface area contributed by atoms with Gasteiger partial charge in [0, 0.05) is 17.8 Å². The molecule has 0 bridgehead atoms. The van der Waals surface area contributed by atoms with Crippen molar-refractivity contribution in [2.45, 2.75) is 0 Å². The van der Waals surface area contributed by atoms with Crippen LogP contribution in [0.1, 0.15) is 0 Å². The van der Waals surface area contributed by atoms with Crippen molar-refractivity contribution < 1.29 is 19.8 Å². The number of aromatic hydroxyl groups is 1. The number of aromatic nitrogens is 2. The topological polar surface area (TPSA) is 116 Å². The third-order valence-corrected chi connectivity index (χ3v) is 4.55. The van der Waals surface area contributed by atoms with Crippen LogP contribution in [-0.2, 0) is 4.84 Å². The zero-order valence-corrected chi connectivity index (χ0v) is 16.2. The minimum atomic E-state index is -0.876. The van der Waals surface area contributed by atoms with Crippen LogP contribution in [0.3, 0.4) is 0 Å². The second-order valence-electron chi connectivity index (χ2n) is 6.55. The average Bonchev–Trinajstić information content (AvgIpc) is 2.77. The van der Waals surface area contributed by atoms with Crippen LogP contribution in [-0.4, -0.2) is 32.8 Å². The zero-order chi connectivity index (χ0) is 21.8. The second-order valence-corrected chi connectivity index (χ2v) is 6.55.